The SMILES string of the molecule is CNC(=O)c1csc2c(C(F)(F)F)cc(N3CCC(=O)[C@@H](F)C3)nc12. The first-order valence-corrected chi connectivity index (χ1v) is 8.23. The van der Waals surface area contributed by atoms with E-state index in [0.717, 1.165) is 17.4 Å². The quantitative estimate of drug-likeness (QED) is 0.820. The number of pyridine rings is 1. The van der Waals surface area contributed by atoms with Gasteiger partial charge in [0, 0.05) is 25.4 Å². The van der Waals surface area contributed by atoms with Gasteiger partial charge in [0.1, 0.15) is 5.82 Å². The number of carbonyl (C=O) groups excluding carboxylic acids is 2. The molecule has 0 aliphatic carbocycles. The topological polar surface area (TPSA) is 62.3 Å². The van der Waals surface area contributed by atoms with Crippen LogP contribution in [0.3, 0.4) is 0 Å². The molecule has 0 unspecified atom stereocenters. The van der Waals surface area contributed by atoms with Gasteiger partial charge in [-0.2, -0.15) is 13.2 Å². The average molecular weight is 375 g/mol. The number of piperidine rings is 1. The van der Waals surface area contributed by atoms with Gasteiger partial charge in [-0.3, -0.25) is 9.59 Å². The average Bonchev–Trinajstić information content (AvgIpc) is 2.98. The molecule has 3 rings (SSSR count). The van der Waals surface area contributed by atoms with Gasteiger partial charge in [0.25, 0.3) is 5.91 Å². The Balaban J connectivity index is 2.16. The number of rotatable bonds is 2. The third-order valence-electron chi connectivity index (χ3n) is 3.97. The van der Waals surface area contributed by atoms with Crippen molar-refractivity contribution in [3.63, 3.8) is 0 Å². The van der Waals surface area contributed by atoms with Crippen LogP contribution in [-0.2, 0) is 11.0 Å². The summed E-state index contributed by atoms with van der Waals surface area (Å²) in [7, 11) is 1.37. The number of thiophene rings is 1. The Morgan fingerprint density at radius 3 is 2.76 bits per heavy atom. The summed E-state index contributed by atoms with van der Waals surface area (Å²) in [4.78, 5) is 28.6. The second-order valence-electron chi connectivity index (χ2n) is 5.56. The van der Waals surface area contributed by atoms with Crippen LogP contribution in [0.25, 0.3) is 10.2 Å². The zero-order valence-corrected chi connectivity index (χ0v) is 13.8. The molecule has 1 saturated heterocycles. The van der Waals surface area contributed by atoms with Crippen LogP contribution in [0.4, 0.5) is 23.4 Å². The fraction of sp³-hybridized carbons (Fsp3) is 0.400. The maximum absolute atomic E-state index is 13.7. The third kappa shape index (κ3) is 3.17. The second-order valence-corrected chi connectivity index (χ2v) is 6.44. The van der Waals surface area contributed by atoms with Gasteiger partial charge in [0.05, 0.1) is 27.9 Å². The Bertz CT molecular complexity index is 849. The van der Waals surface area contributed by atoms with E-state index < -0.39 is 29.6 Å². The van der Waals surface area contributed by atoms with E-state index in [1.165, 1.54) is 17.3 Å². The van der Waals surface area contributed by atoms with Crippen LogP contribution >= 0.6 is 11.3 Å². The molecule has 0 aromatic carbocycles. The van der Waals surface area contributed by atoms with Gasteiger partial charge in [-0.1, -0.05) is 0 Å². The van der Waals surface area contributed by atoms with Crippen LogP contribution < -0.4 is 10.2 Å². The van der Waals surface area contributed by atoms with Crippen molar-refractivity contribution in [2.45, 2.75) is 18.8 Å². The van der Waals surface area contributed by atoms with E-state index in [9.17, 15) is 27.2 Å². The summed E-state index contributed by atoms with van der Waals surface area (Å²) in [5.74, 6) is -1.23. The molecular formula is C15H13F4N3O2S. The van der Waals surface area contributed by atoms with Crippen molar-refractivity contribution >= 4 is 39.1 Å². The number of alkyl halides is 4. The number of Topliss-reactive ketones (excluding diaryl/α,β-unsaturated/α-hetero) is 1. The summed E-state index contributed by atoms with van der Waals surface area (Å²) < 4.78 is 53.8. The van der Waals surface area contributed by atoms with Gasteiger partial charge in [-0.05, 0) is 6.07 Å². The lowest BCUT2D eigenvalue weighted by Crippen LogP contribution is -2.42. The number of amides is 1. The van der Waals surface area contributed by atoms with E-state index in [1.54, 1.807) is 0 Å². The normalized spacial score (nSPS) is 18.7. The number of hydrogen-bond donors (Lipinski definition) is 1. The molecule has 3 heterocycles. The molecule has 0 radical (unpaired) electrons. The number of carbonyl (C=O) groups is 2. The molecule has 5 nitrogen and oxygen atoms in total. The number of fused-ring (bicyclic) bond motifs is 1. The molecule has 1 fully saturated rings. The predicted octanol–water partition coefficient (Wildman–Crippen LogP) is 2.79. The maximum Gasteiger partial charge on any atom is 0.417 e. The van der Waals surface area contributed by atoms with Crippen molar-refractivity contribution in [2.24, 2.45) is 0 Å². The van der Waals surface area contributed by atoms with Crippen molar-refractivity contribution in [3.05, 3.63) is 22.6 Å². The molecule has 1 amide bonds. The Hall–Kier alpha value is -2.23. The molecule has 2 aromatic heterocycles. The Kier molecular flexibility index (Phi) is 4.40. The molecule has 1 aliphatic heterocycles. The number of nitrogens with one attached hydrogen (secondary N) is 1. The minimum absolute atomic E-state index is 0.0275. The number of nitrogens with zero attached hydrogens (tertiary/aromatic N) is 2. The van der Waals surface area contributed by atoms with Crippen molar-refractivity contribution < 1.29 is 27.2 Å². The minimum Gasteiger partial charge on any atom is -0.355 e. The lowest BCUT2D eigenvalue weighted by Gasteiger charge is -2.29. The summed E-state index contributed by atoms with van der Waals surface area (Å²) in [5.41, 5.74) is -0.985. The van der Waals surface area contributed by atoms with Gasteiger partial charge in [0.15, 0.2) is 12.0 Å². The van der Waals surface area contributed by atoms with E-state index in [0.29, 0.717) is 0 Å². The van der Waals surface area contributed by atoms with Gasteiger partial charge >= 0.3 is 6.18 Å². The molecular weight excluding hydrogens is 362 g/mol. The van der Waals surface area contributed by atoms with Crippen LogP contribution in [0, 0.1) is 0 Å². The molecule has 0 bridgehead atoms. The zero-order valence-electron chi connectivity index (χ0n) is 13.0. The first kappa shape index (κ1) is 17.6. The van der Waals surface area contributed by atoms with Crippen molar-refractivity contribution in [2.75, 3.05) is 25.0 Å². The molecule has 2 aromatic rings. The molecule has 0 saturated carbocycles. The first-order chi connectivity index (χ1) is 11.7. The predicted molar refractivity (Wildman–Crippen MR) is 84.7 cm³/mol. The summed E-state index contributed by atoms with van der Waals surface area (Å²) in [6, 6.07) is 0.842. The summed E-state index contributed by atoms with van der Waals surface area (Å²) in [6.45, 7) is -0.275. The van der Waals surface area contributed by atoms with Crippen LogP contribution in [0.2, 0.25) is 0 Å². The highest BCUT2D eigenvalue weighted by Crippen LogP contribution is 2.40. The largest absolute Gasteiger partial charge is 0.417 e. The van der Waals surface area contributed by atoms with Crippen molar-refractivity contribution in [1.29, 1.82) is 0 Å². The highest BCUT2D eigenvalue weighted by molar-refractivity contribution is 7.17. The van der Waals surface area contributed by atoms with Crippen LogP contribution in [0.1, 0.15) is 22.3 Å². The number of hydrogen-bond acceptors (Lipinski definition) is 5. The molecule has 1 N–H and O–H groups in total. The zero-order chi connectivity index (χ0) is 18.4. The Morgan fingerprint density at radius 2 is 2.16 bits per heavy atom. The van der Waals surface area contributed by atoms with E-state index >= 15 is 0 Å². The Morgan fingerprint density at radius 1 is 1.44 bits per heavy atom. The van der Waals surface area contributed by atoms with Gasteiger partial charge in [0.2, 0.25) is 0 Å². The van der Waals surface area contributed by atoms with E-state index in [-0.39, 0.29) is 41.1 Å². The molecule has 10 heteroatoms. The van der Waals surface area contributed by atoms with Crippen molar-refractivity contribution in [3.8, 4) is 0 Å². The van der Waals surface area contributed by atoms with Crippen LogP contribution in [0.5, 0.6) is 0 Å². The summed E-state index contributed by atoms with van der Waals surface area (Å²) >= 11 is 0.777. The number of anilines is 1. The van der Waals surface area contributed by atoms with Crippen molar-refractivity contribution in [1.82, 2.24) is 10.3 Å². The lowest BCUT2D eigenvalue weighted by molar-refractivity contribution is -0.136. The molecule has 25 heavy (non-hydrogen) atoms. The number of aromatic nitrogens is 1. The number of ketones is 1. The minimum atomic E-state index is -4.65. The Labute approximate surface area is 143 Å². The lowest BCUT2D eigenvalue weighted by atomic mass is 10.1. The van der Waals surface area contributed by atoms with E-state index in [4.69, 9.17) is 0 Å². The fourth-order valence-corrected chi connectivity index (χ4v) is 3.68. The third-order valence-corrected chi connectivity index (χ3v) is 4.97. The second kappa shape index (κ2) is 6.25. The highest BCUT2D eigenvalue weighted by Gasteiger charge is 2.36. The smallest absolute Gasteiger partial charge is 0.355 e. The standard InChI is InChI=1S/C15H13F4N3O2S/c1-20-14(24)7-6-25-13-8(15(17,18)19)4-11(21-12(7)13)22-3-2-10(23)9(16)5-22/h4,6,9H,2-3,5H2,1H3,(H,20,24)/t9-/m0/s1. The van der Waals surface area contributed by atoms with E-state index in [2.05, 4.69) is 10.3 Å². The molecule has 1 aliphatic rings. The van der Waals surface area contributed by atoms with E-state index in [1.807, 2.05) is 0 Å². The van der Waals surface area contributed by atoms with Crippen LogP contribution in [0.15, 0.2) is 11.4 Å². The fourth-order valence-electron chi connectivity index (χ4n) is 2.66. The molecule has 0 spiro atoms. The highest BCUT2D eigenvalue weighted by atomic mass is 32.1. The van der Waals surface area contributed by atoms with Gasteiger partial charge in [-0.15, -0.1) is 11.3 Å². The van der Waals surface area contributed by atoms with Crippen LogP contribution in [-0.4, -0.2) is 43.0 Å². The van der Waals surface area contributed by atoms with Gasteiger partial charge in [-0.25, -0.2) is 9.37 Å². The summed E-state index contributed by atoms with van der Waals surface area (Å²) in [5, 5.41) is 3.67. The summed E-state index contributed by atoms with van der Waals surface area (Å²) in [6.07, 6.45) is -6.52. The number of halogens is 4. The molecule has 1 atom stereocenters. The first-order valence-electron chi connectivity index (χ1n) is 7.35. The monoisotopic (exact) mass is 375 g/mol. The van der Waals surface area contributed by atoms with Gasteiger partial charge < -0.3 is 10.2 Å². The maximum atomic E-state index is 13.7. The molecule has 134 valence electrons.